The second kappa shape index (κ2) is 10.2. The number of hydrogen-bond acceptors (Lipinski definition) is 4. The highest BCUT2D eigenvalue weighted by Gasteiger charge is 2.23. The molecule has 7 heteroatoms. The first-order valence-corrected chi connectivity index (χ1v) is 10.3. The maximum absolute atomic E-state index is 12.7. The average Bonchev–Trinajstić information content (AvgIpc) is 2.65. The highest BCUT2D eigenvalue weighted by atomic mass is 32.2. The Kier molecular flexibility index (Phi) is 7.97. The molecule has 0 unspecified atom stereocenters. The molecule has 0 aliphatic heterocycles. The van der Waals surface area contributed by atoms with Crippen molar-refractivity contribution >= 4 is 15.9 Å². The minimum Gasteiger partial charge on any atom is -0.385 e. The number of ether oxygens (including phenoxy) is 1. The molecule has 0 heterocycles. The van der Waals surface area contributed by atoms with Crippen LogP contribution >= 0.6 is 0 Å². The number of carbonyl (C=O) groups excluding carboxylic acids is 1. The van der Waals surface area contributed by atoms with Crippen LogP contribution in [0, 0.1) is 6.92 Å². The first kappa shape index (κ1) is 21.1. The van der Waals surface area contributed by atoms with Gasteiger partial charge >= 0.3 is 0 Å². The lowest BCUT2D eigenvalue weighted by molar-refractivity contribution is -0.121. The second-order valence-electron chi connectivity index (χ2n) is 6.30. The van der Waals surface area contributed by atoms with Crippen LogP contribution in [0.3, 0.4) is 0 Å². The molecule has 27 heavy (non-hydrogen) atoms. The molecule has 0 spiro atoms. The van der Waals surface area contributed by atoms with Gasteiger partial charge in [0.1, 0.15) is 0 Å². The van der Waals surface area contributed by atoms with Gasteiger partial charge in [-0.3, -0.25) is 4.79 Å². The van der Waals surface area contributed by atoms with Crippen LogP contribution in [0.25, 0.3) is 0 Å². The monoisotopic (exact) mass is 390 g/mol. The smallest absolute Gasteiger partial charge is 0.241 e. The summed E-state index contributed by atoms with van der Waals surface area (Å²) in [7, 11) is -2.14. The number of benzene rings is 2. The van der Waals surface area contributed by atoms with Gasteiger partial charge in [0, 0.05) is 26.7 Å². The molecule has 2 aromatic carbocycles. The van der Waals surface area contributed by atoms with Gasteiger partial charge in [-0.25, -0.2) is 13.1 Å². The third-order valence-electron chi connectivity index (χ3n) is 4.07. The molecule has 0 fully saturated rings. The normalized spacial score (nSPS) is 12.5. The number of rotatable bonds is 10. The molecule has 2 rings (SSSR count). The lowest BCUT2D eigenvalue weighted by atomic mass is 10.0. The van der Waals surface area contributed by atoms with E-state index in [0.29, 0.717) is 19.6 Å². The summed E-state index contributed by atoms with van der Waals surface area (Å²) in [4.78, 5) is 12.4. The molecule has 146 valence electrons. The predicted molar refractivity (Wildman–Crippen MR) is 105 cm³/mol. The van der Waals surface area contributed by atoms with Gasteiger partial charge in [-0.05, 0) is 31.0 Å². The van der Waals surface area contributed by atoms with Crippen LogP contribution in [0.4, 0.5) is 0 Å². The van der Waals surface area contributed by atoms with E-state index in [4.69, 9.17) is 4.74 Å². The third-order valence-corrected chi connectivity index (χ3v) is 5.56. The highest BCUT2D eigenvalue weighted by Crippen LogP contribution is 2.20. The van der Waals surface area contributed by atoms with E-state index in [1.165, 1.54) is 0 Å². The van der Waals surface area contributed by atoms with Gasteiger partial charge in [0.25, 0.3) is 0 Å². The molecule has 2 N–H and O–H groups in total. The molecular weight excluding hydrogens is 364 g/mol. The largest absolute Gasteiger partial charge is 0.385 e. The van der Waals surface area contributed by atoms with Crippen molar-refractivity contribution in [3.05, 3.63) is 65.7 Å². The van der Waals surface area contributed by atoms with E-state index in [0.717, 1.165) is 11.1 Å². The fraction of sp³-hybridized carbons (Fsp3) is 0.350. The van der Waals surface area contributed by atoms with E-state index in [9.17, 15) is 13.2 Å². The molecule has 1 amide bonds. The number of hydrogen-bond donors (Lipinski definition) is 2. The number of aryl methyl sites for hydroxylation is 1. The molecule has 0 saturated heterocycles. The summed E-state index contributed by atoms with van der Waals surface area (Å²) in [6.07, 6.45) is 0.718. The summed E-state index contributed by atoms with van der Waals surface area (Å²) in [5, 5.41) is 2.80. The zero-order chi connectivity index (χ0) is 19.7. The number of sulfonamides is 1. The molecule has 0 aliphatic rings. The van der Waals surface area contributed by atoms with Gasteiger partial charge in [-0.2, -0.15) is 0 Å². The van der Waals surface area contributed by atoms with Crippen molar-refractivity contribution in [1.82, 2.24) is 10.0 Å². The Morgan fingerprint density at radius 1 is 1.07 bits per heavy atom. The van der Waals surface area contributed by atoms with Crippen LogP contribution in [-0.4, -0.2) is 34.6 Å². The first-order valence-electron chi connectivity index (χ1n) is 8.82. The van der Waals surface area contributed by atoms with Crippen molar-refractivity contribution < 1.29 is 17.9 Å². The summed E-state index contributed by atoms with van der Waals surface area (Å²) in [5.41, 5.74) is 1.71. The molecule has 0 radical (unpaired) electrons. The molecule has 0 bridgehead atoms. The summed E-state index contributed by atoms with van der Waals surface area (Å²) in [6, 6.07) is 15.1. The van der Waals surface area contributed by atoms with Crippen molar-refractivity contribution in [1.29, 1.82) is 0 Å². The SMILES string of the molecule is COCCCNC(=O)C[C@@H](NS(=O)(=O)c1ccc(C)cc1)c1ccccc1. The van der Waals surface area contributed by atoms with E-state index in [1.54, 1.807) is 43.5 Å². The van der Waals surface area contributed by atoms with E-state index in [2.05, 4.69) is 10.0 Å². The lowest BCUT2D eigenvalue weighted by Gasteiger charge is -2.19. The lowest BCUT2D eigenvalue weighted by Crippen LogP contribution is -2.34. The molecular formula is C20H26N2O4S. The topological polar surface area (TPSA) is 84.5 Å². The molecule has 0 aliphatic carbocycles. The second-order valence-corrected chi connectivity index (χ2v) is 8.01. The minimum absolute atomic E-state index is 0.0160. The Hall–Kier alpha value is -2.22. The molecule has 6 nitrogen and oxygen atoms in total. The van der Waals surface area contributed by atoms with E-state index in [-0.39, 0.29) is 17.2 Å². The first-order chi connectivity index (χ1) is 12.9. The van der Waals surface area contributed by atoms with Gasteiger partial charge in [-0.1, -0.05) is 48.0 Å². The van der Waals surface area contributed by atoms with Crippen molar-refractivity contribution in [2.45, 2.75) is 30.7 Å². The quantitative estimate of drug-likeness (QED) is 0.611. The summed E-state index contributed by atoms with van der Waals surface area (Å²) in [6.45, 7) is 2.94. The molecule has 2 aromatic rings. The minimum atomic E-state index is -3.75. The van der Waals surface area contributed by atoms with Crippen molar-refractivity contribution in [3.8, 4) is 0 Å². The van der Waals surface area contributed by atoms with Crippen molar-refractivity contribution in [3.63, 3.8) is 0 Å². The van der Waals surface area contributed by atoms with Crippen LogP contribution in [0.5, 0.6) is 0 Å². The Morgan fingerprint density at radius 2 is 1.74 bits per heavy atom. The average molecular weight is 391 g/mol. The van der Waals surface area contributed by atoms with E-state index >= 15 is 0 Å². The zero-order valence-electron chi connectivity index (χ0n) is 15.6. The van der Waals surface area contributed by atoms with Crippen LogP contribution in [-0.2, 0) is 19.6 Å². The van der Waals surface area contributed by atoms with Crippen LogP contribution in [0.1, 0.15) is 30.0 Å². The van der Waals surface area contributed by atoms with Gasteiger partial charge in [0.15, 0.2) is 0 Å². The van der Waals surface area contributed by atoms with Crippen molar-refractivity contribution in [2.75, 3.05) is 20.3 Å². The summed E-state index contributed by atoms with van der Waals surface area (Å²) in [5.74, 6) is -0.216. The van der Waals surface area contributed by atoms with E-state index < -0.39 is 16.1 Å². The van der Waals surface area contributed by atoms with Gasteiger partial charge in [0.05, 0.1) is 10.9 Å². The Balaban J connectivity index is 2.13. The fourth-order valence-electron chi connectivity index (χ4n) is 2.59. The number of methoxy groups -OCH3 is 1. The maximum Gasteiger partial charge on any atom is 0.241 e. The number of nitrogens with one attached hydrogen (secondary N) is 2. The van der Waals surface area contributed by atoms with Gasteiger partial charge in [-0.15, -0.1) is 0 Å². The van der Waals surface area contributed by atoms with Gasteiger partial charge in [0.2, 0.25) is 15.9 Å². The van der Waals surface area contributed by atoms with Gasteiger partial charge < -0.3 is 10.1 Å². The van der Waals surface area contributed by atoms with Crippen molar-refractivity contribution in [2.24, 2.45) is 0 Å². The zero-order valence-corrected chi connectivity index (χ0v) is 16.5. The van der Waals surface area contributed by atoms with E-state index in [1.807, 2.05) is 25.1 Å². The number of amides is 1. The Bertz CT molecular complexity index is 821. The molecule has 0 saturated carbocycles. The van der Waals surface area contributed by atoms with Crippen LogP contribution in [0.15, 0.2) is 59.5 Å². The number of carbonyl (C=O) groups is 1. The summed E-state index contributed by atoms with van der Waals surface area (Å²) < 4.78 is 33.1. The standard InChI is InChI=1S/C20H26N2O4S/c1-16-9-11-18(12-10-16)27(24,25)22-19(17-7-4-3-5-8-17)15-20(23)21-13-6-14-26-2/h3-5,7-12,19,22H,6,13-15H2,1-2H3,(H,21,23)/t19-/m1/s1. The maximum atomic E-state index is 12.7. The predicted octanol–water partition coefficient (Wildman–Crippen LogP) is 2.56. The third kappa shape index (κ3) is 6.78. The molecule has 1 atom stereocenters. The molecule has 0 aromatic heterocycles. The highest BCUT2D eigenvalue weighted by molar-refractivity contribution is 7.89. The van der Waals surface area contributed by atoms with Crippen LogP contribution < -0.4 is 10.0 Å². The summed E-state index contributed by atoms with van der Waals surface area (Å²) >= 11 is 0. The Labute approximate surface area is 161 Å². The fourth-order valence-corrected chi connectivity index (χ4v) is 3.81. The Morgan fingerprint density at radius 3 is 2.37 bits per heavy atom. The van der Waals surface area contributed by atoms with Crippen LogP contribution in [0.2, 0.25) is 0 Å².